The van der Waals surface area contributed by atoms with Crippen molar-refractivity contribution in [2.24, 2.45) is 5.73 Å². The molecule has 4 nitrogen and oxygen atoms in total. The number of likely N-dealkylation sites (N-methyl/N-ethyl adjacent to an activating group) is 1. The molecular formula is C16H22N2O2. The van der Waals surface area contributed by atoms with Gasteiger partial charge in [0, 0.05) is 18.7 Å². The summed E-state index contributed by atoms with van der Waals surface area (Å²) < 4.78 is 11.5. The third-order valence-electron chi connectivity index (χ3n) is 3.30. The van der Waals surface area contributed by atoms with Gasteiger partial charge in [0.25, 0.3) is 0 Å². The molecule has 2 rings (SSSR count). The minimum atomic E-state index is 0.144. The maximum absolute atomic E-state index is 5.81. The van der Waals surface area contributed by atoms with Gasteiger partial charge in [-0.05, 0) is 37.7 Å². The van der Waals surface area contributed by atoms with Crippen molar-refractivity contribution in [3.05, 3.63) is 29.3 Å². The quantitative estimate of drug-likeness (QED) is 0.836. The van der Waals surface area contributed by atoms with Crippen LogP contribution < -0.4 is 10.5 Å². The SMILES string of the molecule is Cc1cc(OCC2CN(C)CCO2)ccc1C#CCN. The normalized spacial score (nSPS) is 19.2. The van der Waals surface area contributed by atoms with Crippen molar-refractivity contribution < 1.29 is 9.47 Å². The van der Waals surface area contributed by atoms with Gasteiger partial charge in [-0.1, -0.05) is 11.8 Å². The summed E-state index contributed by atoms with van der Waals surface area (Å²) in [5, 5.41) is 0. The molecule has 1 unspecified atom stereocenters. The number of aryl methyl sites for hydroxylation is 1. The Labute approximate surface area is 120 Å². The smallest absolute Gasteiger partial charge is 0.119 e. The molecule has 1 aromatic rings. The van der Waals surface area contributed by atoms with E-state index in [0.29, 0.717) is 13.2 Å². The summed E-state index contributed by atoms with van der Waals surface area (Å²) in [5.41, 5.74) is 7.48. The van der Waals surface area contributed by atoms with E-state index in [0.717, 1.165) is 36.6 Å². The summed E-state index contributed by atoms with van der Waals surface area (Å²) in [6, 6.07) is 5.92. The van der Waals surface area contributed by atoms with Crippen LogP contribution in [0.3, 0.4) is 0 Å². The number of hydrogen-bond acceptors (Lipinski definition) is 4. The number of ether oxygens (including phenoxy) is 2. The van der Waals surface area contributed by atoms with E-state index < -0.39 is 0 Å². The molecule has 0 aromatic heterocycles. The third-order valence-corrected chi connectivity index (χ3v) is 3.30. The maximum Gasteiger partial charge on any atom is 0.119 e. The highest BCUT2D eigenvalue weighted by atomic mass is 16.5. The zero-order valence-electron chi connectivity index (χ0n) is 12.2. The zero-order valence-corrected chi connectivity index (χ0v) is 12.2. The van der Waals surface area contributed by atoms with Crippen molar-refractivity contribution in [2.45, 2.75) is 13.0 Å². The van der Waals surface area contributed by atoms with Crippen molar-refractivity contribution >= 4 is 0 Å². The minimum absolute atomic E-state index is 0.144. The molecule has 1 saturated heterocycles. The average Bonchev–Trinajstić information content (AvgIpc) is 2.44. The predicted octanol–water partition coefficient (Wildman–Crippen LogP) is 1.01. The van der Waals surface area contributed by atoms with Crippen LogP contribution in [0, 0.1) is 18.8 Å². The van der Waals surface area contributed by atoms with Crippen LogP contribution in [0.4, 0.5) is 0 Å². The number of nitrogens with two attached hydrogens (primary N) is 1. The summed E-state index contributed by atoms with van der Waals surface area (Å²) in [6.07, 6.45) is 0.144. The van der Waals surface area contributed by atoms with E-state index in [4.69, 9.17) is 15.2 Å². The second kappa shape index (κ2) is 7.30. The van der Waals surface area contributed by atoms with Gasteiger partial charge < -0.3 is 20.1 Å². The van der Waals surface area contributed by atoms with E-state index in [1.807, 2.05) is 25.1 Å². The fourth-order valence-electron chi connectivity index (χ4n) is 2.17. The lowest BCUT2D eigenvalue weighted by Gasteiger charge is -2.29. The molecule has 1 aliphatic rings. The van der Waals surface area contributed by atoms with Gasteiger partial charge in [0.1, 0.15) is 18.5 Å². The summed E-state index contributed by atoms with van der Waals surface area (Å²) in [7, 11) is 2.10. The zero-order chi connectivity index (χ0) is 14.4. The number of benzene rings is 1. The van der Waals surface area contributed by atoms with Gasteiger partial charge in [-0.25, -0.2) is 0 Å². The monoisotopic (exact) mass is 274 g/mol. The molecule has 0 radical (unpaired) electrons. The first-order chi connectivity index (χ1) is 9.69. The Hall–Kier alpha value is -1.54. The molecule has 0 spiro atoms. The van der Waals surface area contributed by atoms with Crippen molar-refractivity contribution in [1.82, 2.24) is 4.90 Å². The van der Waals surface area contributed by atoms with Crippen LogP contribution in [0.2, 0.25) is 0 Å². The van der Waals surface area contributed by atoms with Crippen molar-refractivity contribution in [3.8, 4) is 17.6 Å². The highest BCUT2D eigenvalue weighted by molar-refractivity contribution is 5.44. The molecule has 0 bridgehead atoms. The number of nitrogens with zero attached hydrogens (tertiary/aromatic N) is 1. The molecule has 2 N–H and O–H groups in total. The Morgan fingerprint density at radius 2 is 2.35 bits per heavy atom. The second-order valence-electron chi connectivity index (χ2n) is 5.05. The average molecular weight is 274 g/mol. The lowest BCUT2D eigenvalue weighted by atomic mass is 10.1. The van der Waals surface area contributed by atoms with Crippen molar-refractivity contribution in [1.29, 1.82) is 0 Å². The van der Waals surface area contributed by atoms with Gasteiger partial charge in [0.05, 0.1) is 13.2 Å². The minimum Gasteiger partial charge on any atom is -0.491 e. The molecule has 0 aliphatic carbocycles. The van der Waals surface area contributed by atoms with E-state index >= 15 is 0 Å². The fourth-order valence-corrected chi connectivity index (χ4v) is 2.17. The molecule has 108 valence electrons. The molecule has 4 heteroatoms. The Bertz CT molecular complexity index is 505. The summed E-state index contributed by atoms with van der Waals surface area (Å²) in [5.74, 6) is 6.77. The first-order valence-corrected chi connectivity index (χ1v) is 6.91. The summed E-state index contributed by atoms with van der Waals surface area (Å²) in [6.45, 7) is 5.67. The fraction of sp³-hybridized carbons (Fsp3) is 0.500. The highest BCUT2D eigenvalue weighted by Crippen LogP contribution is 2.17. The van der Waals surface area contributed by atoms with Crippen molar-refractivity contribution in [3.63, 3.8) is 0 Å². The van der Waals surface area contributed by atoms with Gasteiger partial charge in [-0.2, -0.15) is 0 Å². The van der Waals surface area contributed by atoms with Gasteiger partial charge in [-0.15, -0.1) is 0 Å². The van der Waals surface area contributed by atoms with Crippen LogP contribution in [-0.2, 0) is 4.74 Å². The van der Waals surface area contributed by atoms with Gasteiger partial charge >= 0.3 is 0 Å². The van der Waals surface area contributed by atoms with E-state index in [1.165, 1.54) is 0 Å². The topological polar surface area (TPSA) is 47.7 Å². The maximum atomic E-state index is 5.81. The predicted molar refractivity (Wildman–Crippen MR) is 79.8 cm³/mol. The highest BCUT2D eigenvalue weighted by Gasteiger charge is 2.18. The Kier molecular flexibility index (Phi) is 5.42. The Balaban J connectivity index is 1.91. The molecule has 1 atom stereocenters. The van der Waals surface area contributed by atoms with Crippen LogP contribution >= 0.6 is 0 Å². The summed E-state index contributed by atoms with van der Waals surface area (Å²) >= 11 is 0. The largest absolute Gasteiger partial charge is 0.491 e. The van der Waals surface area contributed by atoms with Crippen molar-refractivity contribution in [2.75, 3.05) is 39.9 Å². The number of hydrogen-bond donors (Lipinski definition) is 1. The molecule has 1 fully saturated rings. The molecular weight excluding hydrogens is 252 g/mol. The van der Waals surface area contributed by atoms with E-state index in [1.54, 1.807) is 0 Å². The lowest BCUT2D eigenvalue weighted by molar-refractivity contribution is -0.0403. The van der Waals surface area contributed by atoms with Crippen LogP contribution in [0.25, 0.3) is 0 Å². The molecule has 1 aromatic carbocycles. The second-order valence-corrected chi connectivity index (χ2v) is 5.05. The van der Waals surface area contributed by atoms with Crippen LogP contribution in [0.15, 0.2) is 18.2 Å². The van der Waals surface area contributed by atoms with Crippen LogP contribution in [-0.4, -0.2) is 50.9 Å². The lowest BCUT2D eigenvalue weighted by Crippen LogP contribution is -2.42. The Morgan fingerprint density at radius 3 is 3.05 bits per heavy atom. The van der Waals surface area contributed by atoms with Gasteiger partial charge in [0.15, 0.2) is 0 Å². The first kappa shape index (κ1) is 14.9. The third kappa shape index (κ3) is 4.24. The molecule has 0 amide bonds. The number of morpholine rings is 1. The van der Waals surface area contributed by atoms with Gasteiger partial charge in [0.2, 0.25) is 0 Å². The molecule has 1 aliphatic heterocycles. The number of rotatable bonds is 3. The molecule has 20 heavy (non-hydrogen) atoms. The van der Waals surface area contributed by atoms with Gasteiger partial charge in [-0.3, -0.25) is 0 Å². The molecule has 1 heterocycles. The van der Waals surface area contributed by atoms with E-state index in [9.17, 15) is 0 Å². The Morgan fingerprint density at radius 1 is 1.50 bits per heavy atom. The first-order valence-electron chi connectivity index (χ1n) is 6.91. The summed E-state index contributed by atoms with van der Waals surface area (Å²) in [4.78, 5) is 2.26. The molecule has 0 saturated carbocycles. The van der Waals surface area contributed by atoms with Crippen LogP contribution in [0.1, 0.15) is 11.1 Å². The van der Waals surface area contributed by atoms with E-state index in [-0.39, 0.29) is 6.10 Å². The standard InChI is InChI=1S/C16H22N2O2/c1-13-10-15(6-5-14(13)4-3-7-17)20-12-16-11-18(2)8-9-19-16/h5-6,10,16H,7-9,11-12,17H2,1-2H3. The van der Waals surface area contributed by atoms with E-state index in [2.05, 4.69) is 23.8 Å². The van der Waals surface area contributed by atoms with Crippen LogP contribution in [0.5, 0.6) is 5.75 Å².